The summed E-state index contributed by atoms with van der Waals surface area (Å²) in [4.78, 5) is 10.3. The molecule has 1 atom stereocenters. The fourth-order valence-corrected chi connectivity index (χ4v) is 1.08. The van der Waals surface area contributed by atoms with Gasteiger partial charge in [-0.15, -0.1) is 0 Å². The lowest BCUT2D eigenvalue weighted by Gasteiger charge is -2.07. The van der Waals surface area contributed by atoms with E-state index in [4.69, 9.17) is 0 Å². The molecular weight excluding hydrogens is 171 g/mol. The van der Waals surface area contributed by atoms with E-state index in [2.05, 4.69) is 11.7 Å². The highest BCUT2D eigenvalue weighted by molar-refractivity contribution is 5.65. The first-order valence-electron chi connectivity index (χ1n) is 4.94. The number of hydrogen-bond acceptors (Lipinski definition) is 2. The lowest BCUT2D eigenvalue weighted by Crippen LogP contribution is -2.12. The van der Waals surface area contributed by atoms with Crippen LogP contribution in [0, 0.1) is 0 Å². The maximum absolute atomic E-state index is 12.9. The number of esters is 1. The summed E-state index contributed by atoms with van der Waals surface area (Å²) in [5, 5.41) is 0. The molecule has 0 aromatic heterocycles. The van der Waals surface area contributed by atoms with E-state index in [0.29, 0.717) is 6.42 Å². The monoisotopic (exact) mass is 190 g/mol. The van der Waals surface area contributed by atoms with E-state index in [1.165, 1.54) is 6.92 Å². The van der Waals surface area contributed by atoms with Crippen molar-refractivity contribution in [3.8, 4) is 0 Å². The fourth-order valence-electron chi connectivity index (χ4n) is 1.08. The van der Waals surface area contributed by atoms with E-state index in [1.54, 1.807) is 0 Å². The van der Waals surface area contributed by atoms with Crippen molar-refractivity contribution in [2.75, 3.05) is 6.61 Å². The molecule has 0 saturated heterocycles. The summed E-state index contributed by atoms with van der Waals surface area (Å²) in [6.45, 7) is 3.33. The SMILES string of the molecule is CCCCCCC(F)COC(C)=O. The van der Waals surface area contributed by atoms with Crippen molar-refractivity contribution < 1.29 is 13.9 Å². The lowest BCUT2D eigenvalue weighted by molar-refractivity contribution is -0.142. The molecule has 13 heavy (non-hydrogen) atoms. The van der Waals surface area contributed by atoms with Gasteiger partial charge in [0.1, 0.15) is 12.8 Å². The molecule has 0 heterocycles. The van der Waals surface area contributed by atoms with Gasteiger partial charge in [-0.25, -0.2) is 4.39 Å². The van der Waals surface area contributed by atoms with Crippen LogP contribution in [0.2, 0.25) is 0 Å². The molecule has 0 saturated carbocycles. The van der Waals surface area contributed by atoms with Gasteiger partial charge in [-0.1, -0.05) is 32.6 Å². The zero-order valence-corrected chi connectivity index (χ0v) is 8.51. The van der Waals surface area contributed by atoms with Crippen molar-refractivity contribution in [1.82, 2.24) is 0 Å². The summed E-state index contributed by atoms with van der Waals surface area (Å²) < 4.78 is 17.5. The Balaban J connectivity index is 3.19. The first-order chi connectivity index (χ1) is 6.16. The smallest absolute Gasteiger partial charge is 0.302 e. The number of halogens is 1. The number of carbonyl (C=O) groups is 1. The highest BCUT2D eigenvalue weighted by Gasteiger charge is 2.07. The second-order valence-corrected chi connectivity index (χ2v) is 3.25. The van der Waals surface area contributed by atoms with E-state index in [0.717, 1.165) is 25.7 Å². The first kappa shape index (κ1) is 12.4. The van der Waals surface area contributed by atoms with Gasteiger partial charge < -0.3 is 4.74 Å². The maximum Gasteiger partial charge on any atom is 0.302 e. The van der Waals surface area contributed by atoms with E-state index < -0.39 is 12.1 Å². The molecule has 0 spiro atoms. The second kappa shape index (κ2) is 8.02. The standard InChI is InChI=1S/C10H19FO2/c1-3-4-5-6-7-10(11)8-13-9(2)12/h10H,3-8H2,1-2H3. The molecule has 0 aliphatic carbocycles. The molecule has 0 rings (SSSR count). The quantitative estimate of drug-likeness (QED) is 0.456. The molecule has 78 valence electrons. The van der Waals surface area contributed by atoms with Crippen molar-refractivity contribution in [2.45, 2.75) is 52.1 Å². The molecule has 0 aliphatic rings. The molecule has 0 amide bonds. The average molecular weight is 190 g/mol. The van der Waals surface area contributed by atoms with E-state index in [1.807, 2.05) is 0 Å². The van der Waals surface area contributed by atoms with Gasteiger partial charge in [0.25, 0.3) is 0 Å². The zero-order valence-electron chi connectivity index (χ0n) is 8.51. The number of alkyl halides is 1. The Labute approximate surface area is 79.5 Å². The Hall–Kier alpha value is -0.600. The number of carbonyl (C=O) groups excluding carboxylic acids is 1. The minimum atomic E-state index is -0.985. The predicted molar refractivity (Wildman–Crippen MR) is 50.3 cm³/mol. The van der Waals surface area contributed by atoms with E-state index in [-0.39, 0.29) is 6.61 Å². The molecule has 2 nitrogen and oxygen atoms in total. The van der Waals surface area contributed by atoms with Crippen LogP contribution in [0.25, 0.3) is 0 Å². The third-order valence-corrected chi connectivity index (χ3v) is 1.84. The summed E-state index contributed by atoms with van der Waals surface area (Å²) in [6.07, 6.45) is 3.78. The molecule has 0 aromatic rings. The summed E-state index contributed by atoms with van der Waals surface area (Å²) in [7, 11) is 0. The summed E-state index contributed by atoms with van der Waals surface area (Å²) in [6, 6.07) is 0. The number of unbranched alkanes of at least 4 members (excludes halogenated alkanes) is 3. The van der Waals surface area contributed by atoms with Gasteiger partial charge in [0.15, 0.2) is 0 Å². The van der Waals surface area contributed by atoms with Crippen LogP contribution < -0.4 is 0 Å². The van der Waals surface area contributed by atoms with Crippen LogP contribution in [0.5, 0.6) is 0 Å². The highest BCUT2D eigenvalue weighted by atomic mass is 19.1. The predicted octanol–water partition coefficient (Wildman–Crippen LogP) is 2.86. The zero-order chi connectivity index (χ0) is 10.1. The minimum Gasteiger partial charge on any atom is -0.463 e. The third kappa shape index (κ3) is 9.31. The van der Waals surface area contributed by atoms with Gasteiger partial charge in [0, 0.05) is 6.92 Å². The molecule has 0 radical (unpaired) electrons. The van der Waals surface area contributed by atoms with Crippen molar-refractivity contribution >= 4 is 5.97 Å². The van der Waals surface area contributed by atoms with Crippen molar-refractivity contribution in [2.24, 2.45) is 0 Å². The van der Waals surface area contributed by atoms with Gasteiger partial charge in [-0.3, -0.25) is 4.79 Å². The van der Waals surface area contributed by atoms with Crippen LogP contribution >= 0.6 is 0 Å². The first-order valence-corrected chi connectivity index (χ1v) is 4.94. The van der Waals surface area contributed by atoms with Crippen LogP contribution in [-0.4, -0.2) is 18.7 Å². The Morgan fingerprint density at radius 2 is 2.08 bits per heavy atom. The molecule has 0 aromatic carbocycles. The minimum absolute atomic E-state index is 0.0819. The Morgan fingerprint density at radius 1 is 1.38 bits per heavy atom. The largest absolute Gasteiger partial charge is 0.463 e. The Kier molecular flexibility index (Phi) is 7.65. The van der Waals surface area contributed by atoms with Crippen molar-refractivity contribution in [3.63, 3.8) is 0 Å². The normalized spacial score (nSPS) is 12.5. The average Bonchev–Trinajstić information content (AvgIpc) is 2.09. The van der Waals surface area contributed by atoms with Gasteiger partial charge in [-0.05, 0) is 6.42 Å². The Morgan fingerprint density at radius 3 is 2.62 bits per heavy atom. The van der Waals surface area contributed by atoms with Gasteiger partial charge in [-0.2, -0.15) is 0 Å². The van der Waals surface area contributed by atoms with Gasteiger partial charge in [0.05, 0.1) is 0 Å². The summed E-state index contributed by atoms with van der Waals surface area (Å²) in [5.41, 5.74) is 0. The second-order valence-electron chi connectivity index (χ2n) is 3.25. The maximum atomic E-state index is 12.9. The van der Waals surface area contributed by atoms with Gasteiger partial charge in [0.2, 0.25) is 0 Å². The summed E-state index contributed by atoms with van der Waals surface area (Å²) >= 11 is 0. The molecule has 0 fully saturated rings. The van der Waals surface area contributed by atoms with Crippen LogP contribution in [0.4, 0.5) is 4.39 Å². The number of hydrogen-bond donors (Lipinski definition) is 0. The molecule has 3 heteroatoms. The van der Waals surface area contributed by atoms with Crippen molar-refractivity contribution in [3.05, 3.63) is 0 Å². The van der Waals surface area contributed by atoms with Crippen molar-refractivity contribution in [1.29, 1.82) is 0 Å². The topological polar surface area (TPSA) is 26.3 Å². The van der Waals surface area contributed by atoms with Crippen LogP contribution in [0.1, 0.15) is 46.0 Å². The van der Waals surface area contributed by atoms with E-state index in [9.17, 15) is 9.18 Å². The van der Waals surface area contributed by atoms with Crippen LogP contribution in [0.15, 0.2) is 0 Å². The Bertz CT molecular complexity index is 137. The molecule has 0 N–H and O–H groups in total. The van der Waals surface area contributed by atoms with Crippen LogP contribution in [0.3, 0.4) is 0 Å². The molecule has 0 aliphatic heterocycles. The lowest BCUT2D eigenvalue weighted by atomic mass is 10.1. The summed E-state index contributed by atoms with van der Waals surface area (Å²) in [5.74, 6) is -0.406. The molecule has 0 bridgehead atoms. The third-order valence-electron chi connectivity index (χ3n) is 1.84. The van der Waals surface area contributed by atoms with E-state index >= 15 is 0 Å². The van der Waals surface area contributed by atoms with Gasteiger partial charge >= 0.3 is 5.97 Å². The highest BCUT2D eigenvalue weighted by Crippen LogP contribution is 2.08. The molecular formula is C10H19FO2. The number of ether oxygens (including phenoxy) is 1. The number of rotatable bonds is 7. The molecule has 1 unspecified atom stereocenters. The van der Waals surface area contributed by atoms with Crippen LogP contribution in [-0.2, 0) is 9.53 Å². The fraction of sp³-hybridized carbons (Fsp3) is 0.900.